The van der Waals surface area contributed by atoms with E-state index in [0.717, 1.165) is 44.9 Å². The van der Waals surface area contributed by atoms with Crippen molar-refractivity contribution >= 4 is 51.4 Å². The molecule has 1 N–H and O–H groups in total. The molecule has 3 fully saturated rings. The van der Waals surface area contributed by atoms with Crippen LogP contribution in [0.4, 0.5) is 0 Å². The van der Waals surface area contributed by atoms with Crippen molar-refractivity contribution in [2.45, 2.75) is 73.0 Å². The number of amides is 1. The van der Waals surface area contributed by atoms with Gasteiger partial charge in [-0.25, -0.2) is 8.42 Å². The molecule has 1 aromatic carbocycles. The second-order valence-corrected chi connectivity index (χ2v) is 13.1. The van der Waals surface area contributed by atoms with Crippen molar-refractivity contribution in [3.05, 3.63) is 35.9 Å². The van der Waals surface area contributed by atoms with E-state index in [2.05, 4.69) is 10.2 Å². The summed E-state index contributed by atoms with van der Waals surface area (Å²) in [6.45, 7) is 1.27. The lowest BCUT2D eigenvalue weighted by Gasteiger charge is -2.54. The van der Waals surface area contributed by atoms with E-state index < -0.39 is 19.8 Å². The van der Waals surface area contributed by atoms with Gasteiger partial charge in [0.25, 0.3) is 5.91 Å². The fourth-order valence-corrected chi connectivity index (χ4v) is 8.26. The molecule has 0 unspecified atom stereocenters. The topological polar surface area (TPSA) is 66.5 Å². The lowest BCUT2D eigenvalue weighted by Crippen LogP contribution is -2.68. The van der Waals surface area contributed by atoms with Gasteiger partial charge in [0, 0.05) is 18.7 Å². The Kier molecular flexibility index (Phi) is 8.47. The molecule has 0 bridgehead atoms. The molecule has 4 rings (SSSR count). The number of piperidine rings is 1. The number of carbonyl (C=O) groups excluding carboxylic acids is 1. The highest BCUT2D eigenvalue weighted by Gasteiger charge is 2.55. The Hall–Kier alpha value is -0.530. The fraction of sp³-hybridized carbons (Fsp3) is 0.696. The lowest BCUT2D eigenvalue weighted by molar-refractivity contribution is 0.0124. The fourth-order valence-electron chi connectivity index (χ4n) is 5.28. The highest BCUT2D eigenvalue weighted by atomic mass is 35.5. The normalized spacial score (nSPS) is 22.7. The Bertz CT molecular complexity index is 877. The van der Waals surface area contributed by atoms with Gasteiger partial charge in [-0.2, -0.15) is 0 Å². The molecule has 1 aromatic rings. The van der Waals surface area contributed by atoms with Crippen molar-refractivity contribution < 1.29 is 13.2 Å². The minimum Gasteiger partial charge on any atom is -0.319 e. The van der Waals surface area contributed by atoms with Crippen LogP contribution >= 0.6 is 35.6 Å². The van der Waals surface area contributed by atoms with Crippen LogP contribution in [0.15, 0.2) is 30.3 Å². The van der Waals surface area contributed by atoms with Crippen molar-refractivity contribution in [3.63, 3.8) is 0 Å². The summed E-state index contributed by atoms with van der Waals surface area (Å²) in [6, 6.07) is 8.95. The smallest absolute Gasteiger partial charge is 0.253 e. The summed E-state index contributed by atoms with van der Waals surface area (Å²) in [6.07, 6.45) is 7.96. The van der Waals surface area contributed by atoms with Gasteiger partial charge in [0.2, 0.25) is 4.46 Å². The predicted molar refractivity (Wildman–Crippen MR) is 133 cm³/mol. The molecule has 5 nitrogen and oxygen atoms in total. The number of hydrogen-bond donors (Lipinski definition) is 1. The van der Waals surface area contributed by atoms with E-state index in [1.807, 2.05) is 18.2 Å². The van der Waals surface area contributed by atoms with Crippen molar-refractivity contribution in [2.24, 2.45) is 5.92 Å². The molecule has 1 heterocycles. The SMILES string of the molecule is Cl.O=C(NC(Cl)(Cl)C1(N2CCC(S(=O)(=O)CC3CC3)CC2)CCCCC1)c1ccccc1. The second-order valence-electron chi connectivity index (χ2n) is 9.45. The van der Waals surface area contributed by atoms with Crippen LogP contribution in [0.25, 0.3) is 0 Å². The van der Waals surface area contributed by atoms with E-state index in [1.54, 1.807) is 12.1 Å². The molecule has 0 radical (unpaired) electrons. The van der Waals surface area contributed by atoms with Crippen molar-refractivity contribution in [2.75, 3.05) is 18.8 Å². The molecule has 2 aliphatic carbocycles. The number of nitrogens with one attached hydrogen (secondary N) is 1. The molecule has 1 aliphatic heterocycles. The number of benzene rings is 1. The van der Waals surface area contributed by atoms with E-state index in [0.29, 0.717) is 43.2 Å². The Morgan fingerprint density at radius 1 is 1.03 bits per heavy atom. The zero-order valence-electron chi connectivity index (χ0n) is 18.3. The lowest BCUT2D eigenvalue weighted by atomic mass is 9.78. The maximum Gasteiger partial charge on any atom is 0.253 e. The summed E-state index contributed by atoms with van der Waals surface area (Å²) < 4.78 is 24.1. The van der Waals surface area contributed by atoms with Crippen molar-refractivity contribution in [1.29, 1.82) is 0 Å². The summed E-state index contributed by atoms with van der Waals surface area (Å²) in [5.74, 6) is 0.418. The largest absolute Gasteiger partial charge is 0.319 e. The van der Waals surface area contributed by atoms with E-state index in [1.165, 1.54) is 0 Å². The van der Waals surface area contributed by atoms with E-state index in [4.69, 9.17) is 23.2 Å². The first-order valence-electron chi connectivity index (χ1n) is 11.5. The Morgan fingerprint density at radius 3 is 2.19 bits per heavy atom. The highest BCUT2D eigenvalue weighted by molar-refractivity contribution is 7.92. The maximum atomic E-state index is 12.8. The molecule has 180 valence electrons. The summed E-state index contributed by atoms with van der Waals surface area (Å²) >= 11 is 13.9. The zero-order chi connectivity index (χ0) is 22.1. The van der Waals surface area contributed by atoms with Gasteiger partial charge in [0.1, 0.15) is 0 Å². The van der Waals surface area contributed by atoms with Crippen molar-refractivity contribution in [3.8, 4) is 0 Å². The molecular formula is C23H33Cl3N2O3S. The minimum absolute atomic E-state index is 0. The van der Waals surface area contributed by atoms with Crippen LogP contribution in [0.1, 0.15) is 68.1 Å². The number of carbonyl (C=O) groups is 1. The summed E-state index contributed by atoms with van der Waals surface area (Å²) in [5, 5.41) is 2.61. The van der Waals surface area contributed by atoms with Gasteiger partial charge in [-0.15, -0.1) is 12.4 Å². The Morgan fingerprint density at radius 2 is 1.62 bits per heavy atom. The standard InChI is InChI=1S/C23H32Cl2N2O3S.ClH/c24-23(25,26-21(28)19-7-3-1-4-8-19)22(13-5-2-6-14-22)27-15-11-20(12-16-27)31(29,30)17-18-9-10-18;/h1,3-4,7-8,18,20H,2,5-6,9-17H2,(H,26,28);1H. The van der Waals surface area contributed by atoms with Crippen LogP contribution in [0.2, 0.25) is 0 Å². The maximum absolute atomic E-state index is 12.8. The third kappa shape index (κ3) is 5.57. The van der Waals surface area contributed by atoms with Crippen LogP contribution in [0.3, 0.4) is 0 Å². The molecule has 0 spiro atoms. The number of rotatable bonds is 7. The first-order chi connectivity index (χ1) is 14.7. The van der Waals surface area contributed by atoms with Crippen LogP contribution in [0.5, 0.6) is 0 Å². The molecule has 0 atom stereocenters. The average Bonchev–Trinajstić information content (AvgIpc) is 3.58. The van der Waals surface area contributed by atoms with E-state index in [9.17, 15) is 13.2 Å². The zero-order valence-corrected chi connectivity index (χ0v) is 21.4. The van der Waals surface area contributed by atoms with Gasteiger partial charge in [-0.05, 0) is 56.6 Å². The number of alkyl halides is 2. The number of nitrogens with zero attached hydrogens (tertiary/aromatic N) is 1. The van der Waals surface area contributed by atoms with Gasteiger partial charge in [-0.3, -0.25) is 9.69 Å². The van der Waals surface area contributed by atoms with Gasteiger partial charge in [-0.1, -0.05) is 60.7 Å². The average molecular weight is 524 g/mol. The summed E-state index contributed by atoms with van der Waals surface area (Å²) in [4.78, 5) is 15.1. The van der Waals surface area contributed by atoms with Crippen LogP contribution < -0.4 is 5.32 Å². The van der Waals surface area contributed by atoms with E-state index >= 15 is 0 Å². The van der Waals surface area contributed by atoms with E-state index in [-0.39, 0.29) is 23.6 Å². The number of halogens is 3. The second kappa shape index (κ2) is 10.4. The van der Waals surface area contributed by atoms with Gasteiger partial charge in [0.15, 0.2) is 9.84 Å². The first-order valence-corrected chi connectivity index (χ1v) is 13.9. The van der Waals surface area contributed by atoms with Crippen LogP contribution in [0, 0.1) is 5.92 Å². The molecule has 0 aromatic heterocycles. The van der Waals surface area contributed by atoms with Gasteiger partial charge in [0.05, 0.1) is 16.5 Å². The monoisotopic (exact) mass is 522 g/mol. The number of sulfone groups is 1. The summed E-state index contributed by atoms with van der Waals surface area (Å²) in [5.41, 5.74) is -0.0756. The summed E-state index contributed by atoms with van der Waals surface area (Å²) in [7, 11) is -3.05. The molecule has 1 amide bonds. The van der Waals surface area contributed by atoms with Gasteiger partial charge < -0.3 is 5.32 Å². The molecule has 32 heavy (non-hydrogen) atoms. The highest BCUT2D eigenvalue weighted by Crippen LogP contribution is 2.48. The van der Waals surface area contributed by atoms with Gasteiger partial charge >= 0.3 is 0 Å². The van der Waals surface area contributed by atoms with Crippen LogP contribution in [-0.2, 0) is 9.84 Å². The minimum atomic E-state index is -3.05. The molecule has 2 saturated carbocycles. The molecular weight excluding hydrogens is 491 g/mol. The van der Waals surface area contributed by atoms with Crippen molar-refractivity contribution in [1.82, 2.24) is 10.2 Å². The quantitative estimate of drug-likeness (QED) is 0.405. The first kappa shape index (κ1) is 26.1. The van der Waals surface area contributed by atoms with Crippen LogP contribution in [-0.4, -0.2) is 53.3 Å². The Balaban J connectivity index is 0.00000289. The number of likely N-dealkylation sites (tertiary alicyclic amines) is 1. The third-order valence-electron chi connectivity index (χ3n) is 7.29. The molecule has 3 aliphatic rings. The Labute approximate surface area is 207 Å². The molecule has 1 saturated heterocycles. The third-order valence-corrected chi connectivity index (χ3v) is 10.6. The number of hydrogen-bond acceptors (Lipinski definition) is 4. The molecule has 9 heteroatoms. The predicted octanol–water partition coefficient (Wildman–Crippen LogP) is 4.96.